The zero-order valence-electron chi connectivity index (χ0n) is 15.8. The Morgan fingerprint density at radius 1 is 1.07 bits per heavy atom. The molecule has 2 atom stereocenters. The van der Waals surface area contributed by atoms with E-state index in [2.05, 4.69) is 0 Å². The maximum Gasteiger partial charge on any atom is 0.295 e. The van der Waals surface area contributed by atoms with Gasteiger partial charge in [-0.15, -0.1) is 0 Å². The first-order valence-corrected chi connectivity index (χ1v) is 10.6. The summed E-state index contributed by atoms with van der Waals surface area (Å²) in [5.74, 6) is -1.75. The predicted molar refractivity (Wildman–Crippen MR) is 116 cm³/mol. The number of halogens is 3. The van der Waals surface area contributed by atoms with E-state index in [-0.39, 0.29) is 24.0 Å². The highest BCUT2D eigenvalue weighted by molar-refractivity contribution is 6.47. The Labute approximate surface area is 188 Å². The van der Waals surface area contributed by atoms with Crippen LogP contribution in [0, 0.1) is 0 Å². The Morgan fingerprint density at radius 2 is 1.77 bits per heavy atom. The molecule has 0 saturated carbocycles. The molecule has 2 aliphatic heterocycles. The monoisotopic (exact) mass is 465 g/mol. The first-order chi connectivity index (χ1) is 14.4. The molecule has 30 heavy (non-hydrogen) atoms. The van der Waals surface area contributed by atoms with Crippen LogP contribution in [0.5, 0.6) is 0 Å². The number of carbonyl (C=O) groups excluding carboxylic acids is 2. The van der Waals surface area contributed by atoms with Gasteiger partial charge in [0.2, 0.25) is 0 Å². The second-order valence-corrected chi connectivity index (χ2v) is 8.54. The molecule has 8 heteroatoms. The van der Waals surface area contributed by atoms with Crippen LogP contribution >= 0.6 is 34.8 Å². The van der Waals surface area contributed by atoms with Crippen molar-refractivity contribution >= 4 is 52.3 Å². The normalized spacial score (nSPS) is 23.4. The average molecular weight is 467 g/mol. The van der Waals surface area contributed by atoms with Gasteiger partial charge in [-0.1, -0.05) is 40.9 Å². The number of likely N-dealkylation sites (tertiary alicyclic amines) is 1. The summed E-state index contributed by atoms with van der Waals surface area (Å²) in [7, 11) is 0. The molecule has 0 aromatic heterocycles. The number of amides is 1. The number of ether oxygens (including phenoxy) is 1. The highest BCUT2D eigenvalue weighted by Gasteiger charge is 2.47. The first kappa shape index (κ1) is 21.2. The molecule has 156 valence electrons. The van der Waals surface area contributed by atoms with Crippen molar-refractivity contribution in [3.8, 4) is 0 Å². The molecule has 2 aromatic carbocycles. The molecule has 5 nitrogen and oxygen atoms in total. The van der Waals surface area contributed by atoms with Gasteiger partial charge in [0.15, 0.2) is 0 Å². The van der Waals surface area contributed by atoms with Gasteiger partial charge in [0.1, 0.15) is 5.76 Å². The fourth-order valence-electron chi connectivity index (χ4n) is 3.89. The lowest BCUT2D eigenvalue weighted by Gasteiger charge is -2.28. The van der Waals surface area contributed by atoms with Crippen molar-refractivity contribution < 1.29 is 19.4 Å². The molecule has 2 aromatic rings. The summed E-state index contributed by atoms with van der Waals surface area (Å²) >= 11 is 18.4. The summed E-state index contributed by atoms with van der Waals surface area (Å²) in [6, 6.07) is 10.4. The molecule has 2 heterocycles. The van der Waals surface area contributed by atoms with Crippen LogP contribution in [0.15, 0.2) is 48.0 Å². The van der Waals surface area contributed by atoms with Gasteiger partial charge in [0.05, 0.1) is 17.7 Å². The molecular weight excluding hydrogens is 449 g/mol. The van der Waals surface area contributed by atoms with E-state index in [1.807, 2.05) is 0 Å². The van der Waals surface area contributed by atoms with Gasteiger partial charge in [-0.2, -0.15) is 0 Å². The number of hydrogen-bond acceptors (Lipinski definition) is 4. The van der Waals surface area contributed by atoms with Crippen LogP contribution in [0.4, 0.5) is 0 Å². The zero-order valence-corrected chi connectivity index (χ0v) is 18.0. The lowest BCUT2D eigenvalue weighted by molar-refractivity contribution is -0.140. The van der Waals surface area contributed by atoms with Crippen LogP contribution in [0.25, 0.3) is 5.76 Å². The molecule has 0 aliphatic carbocycles. The van der Waals surface area contributed by atoms with Crippen molar-refractivity contribution in [2.24, 2.45) is 0 Å². The number of aliphatic hydroxyl groups is 1. The van der Waals surface area contributed by atoms with E-state index in [9.17, 15) is 14.7 Å². The molecule has 0 radical (unpaired) electrons. The number of hydrogen-bond donors (Lipinski definition) is 1. The Bertz CT molecular complexity index is 1030. The van der Waals surface area contributed by atoms with Gasteiger partial charge in [-0.25, -0.2) is 0 Å². The van der Waals surface area contributed by atoms with Crippen molar-refractivity contribution in [1.82, 2.24) is 4.90 Å². The SMILES string of the molecule is O=C1C(=O)N(CC2CCCO2)C(c2ccc(Cl)cc2Cl)C1=C(O)c1ccc(Cl)cc1. The van der Waals surface area contributed by atoms with Crippen molar-refractivity contribution in [2.45, 2.75) is 25.0 Å². The molecule has 4 rings (SSSR count). The Kier molecular flexibility index (Phi) is 6.07. The van der Waals surface area contributed by atoms with E-state index < -0.39 is 17.7 Å². The van der Waals surface area contributed by atoms with Gasteiger partial charge in [-0.05, 0) is 54.8 Å². The number of aliphatic hydroxyl groups excluding tert-OH is 1. The van der Waals surface area contributed by atoms with Gasteiger partial charge < -0.3 is 14.7 Å². The summed E-state index contributed by atoms with van der Waals surface area (Å²) in [6.07, 6.45) is 1.51. The standard InChI is InChI=1S/C22H18Cl3NO4/c23-13-5-3-12(4-6-13)20(27)18-19(16-8-7-14(24)10-17(16)25)26(22(29)21(18)28)11-15-2-1-9-30-15/h3-8,10,15,19,27H,1-2,9,11H2. The second-order valence-electron chi connectivity index (χ2n) is 7.26. The van der Waals surface area contributed by atoms with E-state index in [0.29, 0.717) is 32.8 Å². The largest absolute Gasteiger partial charge is 0.507 e. The van der Waals surface area contributed by atoms with Gasteiger partial charge in [0, 0.05) is 33.8 Å². The van der Waals surface area contributed by atoms with E-state index in [1.54, 1.807) is 42.5 Å². The maximum absolute atomic E-state index is 13.0. The molecule has 1 N–H and O–H groups in total. The smallest absolute Gasteiger partial charge is 0.295 e. The van der Waals surface area contributed by atoms with E-state index in [1.165, 1.54) is 4.90 Å². The van der Waals surface area contributed by atoms with Crippen LogP contribution in [0.2, 0.25) is 15.1 Å². The highest BCUT2D eigenvalue weighted by Crippen LogP contribution is 2.43. The number of carbonyl (C=O) groups is 2. The van der Waals surface area contributed by atoms with E-state index in [0.717, 1.165) is 12.8 Å². The highest BCUT2D eigenvalue weighted by atomic mass is 35.5. The topological polar surface area (TPSA) is 66.8 Å². The number of benzene rings is 2. The van der Waals surface area contributed by atoms with Crippen molar-refractivity contribution in [2.75, 3.05) is 13.2 Å². The summed E-state index contributed by atoms with van der Waals surface area (Å²) in [6.45, 7) is 0.845. The second kappa shape index (κ2) is 8.60. The third-order valence-electron chi connectivity index (χ3n) is 5.34. The van der Waals surface area contributed by atoms with Gasteiger partial charge in [-0.3, -0.25) is 9.59 Å². The molecule has 0 spiro atoms. The van der Waals surface area contributed by atoms with Crippen LogP contribution < -0.4 is 0 Å². The van der Waals surface area contributed by atoms with Crippen LogP contribution in [0.3, 0.4) is 0 Å². The molecule has 2 saturated heterocycles. The summed E-state index contributed by atoms with van der Waals surface area (Å²) < 4.78 is 5.67. The van der Waals surface area contributed by atoms with Crippen molar-refractivity contribution in [3.63, 3.8) is 0 Å². The van der Waals surface area contributed by atoms with Crippen molar-refractivity contribution in [1.29, 1.82) is 0 Å². The minimum absolute atomic E-state index is 0.0236. The van der Waals surface area contributed by atoms with Crippen LogP contribution in [-0.4, -0.2) is 41.0 Å². The van der Waals surface area contributed by atoms with Gasteiger partial charge >= 0.3 is 0 Å². The maximum atomic E-state index is 13.0. The molecule has 2 aliphatic rings. The fourth-order valence-corrected chi connectivity index (χ4v) is 4.52. The predicted octanol–water partition coefficient (Wildman–Crippen LogP) is 5.25. The Hall–Kier alpha value is -2.05. The molecular formula is C22H18Cl3NO4. The molecule has 1 amide bonds. The molecule has 2 unspecified atom stereocenters. The van der Waals surface area contributed by atoms with Crippen molar-refractivity contribution in [3.05, 3.63) is 74.2 Å². The Balaban J connectivity index is 1.85. The molecule has 2 fully saturated rings. The zero-order chi connectivity index (χ0) is 21.4. The number of ketones is 1. The summed E-state index contributed by atoms with van der Waals surface area (Å²) in [5.41, 5.74) is 0.864. The van der Waals surface area contributed by atoms with Gasteiger partial charge in [0.25, 0.3) is 11.7 Å². The summed E-state index contributed by atoms with van der Waals surface area (Å²) in [5, 5.41) is 12.2. The minimum Gasteiger partial charge on any atom is -0.507 e. The number of rotatable bonds is 4. The fraction of sp³-hybridized carbons (Fsp3) is 0.273. The number of nitrogens with zero attached hydrogens (tertiary/aromatic N) is 1. The quantitative estimate of drug-likeness (QED) is 0.380. The van der Waals surface area contributed by atoms with Crippen LogP contribution in [-0.2, 0) is 14.3 Å². The Morgan fingerprint density at radius 3 is 2.40 bits per heavy atom. The van der Waals surface area contributed by atoms with E-state index >= 15 is 0 Å². The summed E-state index contributed by atoms with van der Waals surface area (Å²) in [4.78, 5) is 27.4. The van der Waals surface area contributed by atoms with E-state index in [4.69, 9.17) is 39.5 Å². The molecule has 0 bridgehead atoms. The first-order valence-electron chi connectivity index (χ1n) is 9.47. The minimum atomic E-state index is -0.852. The number of Topliss-reactive ketones (excluding diaryl/α,β-unsaturated/α-hetero) is 1. The van der Waals surface area contributed by atoms with Crippen LogP contribution in [0.1, 0.15) is 30.0 Å². The lowest BCUT2D eigenvalue weighted by atomic mass is 9.95. The third-order valence-corrected chi connectivity index (χ3v) is 6.15. The lowest BCUT2D eigenvalue weighted by Crippen LogP contribution is -2.36. The third kappa shape index (κ3) is 3.95. The average Bonchev–Trinajstić information content (AvgIpc) is 3.31.